The fourth-order valence-electron chi connectivity index (χ4n) is 3.62. The quantitative estimate of drug-likeness (QED) is 0.881. The normalized spacial score (nSPS) is 28.2. The monoisotopic (exact) mass is 312 g/mol. The van der Waals surface area contributed by atoms with Gasteiger partial charge in [0.15, 0.2) is 0 Å². The first-order chi connectivity index (χ1) is 11.1. The second kappa shape index (κ2) is 5.19. The summed E-state index contributed by atoms with van der Waals surface area (Å²) in [7, 11) is 0. The Labute approximate surface area is 132 Å². The third-order valence-corrected chi connectivity index (χ3v) is 4.86. The first-order valence-corrected chi connectivity index (χ1v) is 7.64. The number of hydrogen-bond acceptors (Lipinski definition) is 4. The predicted octanol–water partition coefficient (Wildman–Crippen LogP) is 1.11. The van der Waals surface area contributed by atoms with Crippen LogP contribution in [-0.4, -0.2) is 38.0 Å². The van der Waals surface area contributed by atoms with E-state index in [9.17, 15) is 14.7 Å². The molecule has 0 bridgehead atoms. The molecule has 23 heavy (non-hydrogen) atoms. The van der Waals surface area contributed by atoms with Gasteiger partial charge in [-0.1, -0.05) is 11.3 Å². The van der Waals surface area contributed by atoms with Gasteiger partial charge in [0.1, 0.15) is 0 Å². The number of carbonyl (C=O) groups excluding carboxylic acids is 1. The lowest BCUT2D eigenvalue weighted by Gasteiger charge is -2.16. The molecule has 7 heteroatoms. The molecule has 2 saturated carbocycles. The average Bonchev–Trinajstić information content (AvgIpc) is 2.99. The summed E-state index contributed by atoms with van der Waals surface area (Å²) < 4.78 is 1.59. The minimum Gasteiger partial charge on any atom is -0.481 e. The molecule has 2 N–H and O–H groups in total. The Morgan fingerprint density at radius 3 is 2.83 bits per heavy atom. The molecule has 0 spiro atoms. The molecule has 0 radical (unpaired) electrons. The van der Waals surface area contributed by atoms with Crippen LogP contribution in [0.25, 0.3) is 5.69 Å². The Morgan fingerprint density at radius 1 is 1.26 bits per heavy atom. The maximum atomic E-state index is 12.5. The lowest BCUT2D eigenvalue weighted by Crippen LogP contribution is -2.36. The Kier molecular flexibility index (Phi) is 3.14. The van der Waals surface area contributed by atoms with E-state index in [1.54, 1.807) is 35.3 Å². The fourth-order valence-corrected chi connectivity index (χ4v) is 3.62. The van der Waals surface area contributed by atoms with Crippen LogP contribution < -0.4 is 5.32 Å². The summed E-state index contributed by atoms with van der Waals surface area (Å²) >= 11 is 0. The van der Waals surface area contributed by atoms with Crippen LogP contribution in [0.3, 0.4) is 0 Å². The van der Waals surface area contributed by atoms with E-state index in [4.69, 9.17) is 0 Å². The Bertz CT molecular complexity index is 758. The van der Waals surface area contributed by atoms with Gasteiger partial charge in [-0.3, -0.25) is 9.59 Å². The third kappa shape index (κ3) is 2.48. The van der Waals surface area contributed by atoms with E-state index in [2.05, 4.69) is 15.6 Å². The van der Waals surface area contributed by atoms with E-state index in [0.29, 0.717) is 17.9 Å². The van der Waals surface area contributed by atoms with Gasteiger partial charge in [-0.2, -0.15) is 0 Å². The van der Waals surface area contributed by atoms with E-state index in [1.807, 2.05) is 6.07 Å². The number of fused-ring (bicyclic) bond motifs is 1. The largest absolute Gasteiger partial charge is 0.481 e. The average molecular weight is 312 g/mol. The molecule has 1 heterocycles. The van der Waals surface area contributed by atoms with Crippen LogP contribution in [0.1, 0.15) is 23.2 Å². The zero-order valence-electron chi connectivity index (χ0n) is 12.3. The lowest BCUT2D eigenvalue weighted by molar-refractivity contribution is -0.142. The molecule has 2 aliphatic carbocycles. The van der Waals surface area contributed by atoms with Crippen molar-refractivity contribution in [2.45, 2.75) is 18.9 Å². The van der Waals surface area contributed by atoms with Crippen molar-refractivity contribution in [2.24, 2.45) is 17.8 Å². The number of amides is 1. The van der Waals surface area contributed by atoms with Crippen molar-refractivity contribution < 1.29 is 14.7 Å². The molecule has 4 rings (SSSR count). The standard InChI is InChI=1S/C16H16N4O3/c21-15(18-14-8-13(16(22)23)11-7-12(11)14)9-2-1-3-10(6-9)20-5-4-17-19-20/h1-6,11-14H,7-8H2,(H,18,21)(H,22,23)/t11-,12+,13-,14+/m1/s1. The van der Waals surface area contributed by atoms with Gasteiger partial charge < -0.3 is 10.4 Å². The molecular weight excluding hydrogens is 296 g/mol. The molecule has 0 saturated heterocycles. The van der Waals surface area contributed by atoms with Crippen molar-refractivity contribution in [3.63, 3.8) is 0 Å². The molecule has 2 aliphatic rings. The van der Waals surface area contributed by atoms with E-state index in [0.717, 1.165) is 12.1 Å². The first-order valence-electron chi connectivity index (χ1n) is 7.64. The Balaban J connectivity index is 1.48. The van der Waals surface area contributed by atoms with Gasteiger partial charge in [-0.25, -0.2) is 4.68 Å². The molecule has 0 aliphatic heterocycles. The minimum absolute atomic E-state index is 0.0383. The summed E-state index contributed by atoms with van der Waals surface area (Å²) in [5, 5.41) is 19.9. The van der Waals surface area contributed by atoms with Crippen molar-refractivity contribution in [3.05, 3.63) is 42.2 Å². The molecule has 0 unspecified atom stereocenters. The van der Waals surface area contributed by atoms with E-state index in [-0.39, 0.29) is 23.8 Å². The Hall–Kier alpha value is -2.70. The summed E-state index contributed by atoms with van der Waals surface area (Å²) in [4.78, 5) is 23.6. The highest BCUT2D eigenvalue weighted by molar-refractivity contribution is 5.95. The van der Waals surface area contributed by atoms with Crippen LogP contribution in [-0.2, 0) is 4.79 Å². The highest BCUT2D eigenvalue weighted by Crippen LogP contribution is 2.55. The van der Waals surface area contributed by atoms with Gasteiger partial charge in [0, 0.05) is 11.6 Å². The second-order valence-corrected chi connectivity index (χ2v) is 6.22. The molecule has 2 aromatic rings. The number of aromatic nitrogens is 3. The molecule has 1 aromatic carbocycles. The maximum Gasteiger partial charge on any atom is 0.306 e. The zero-order valence-corrected chi connectivity index (χ0v) is 12.3. The van der Waals surface area contributed by atoms with Crippen LogP contribution in [0.15, 0.2) is 36.7 Å². The summed E-state index contributed by atoms with van der Waals surface area (Å²) in [5.74, 6) is -0.680. The SMILES string of the molecule is O=C(N[C@H]1C[C@@H](C(=O)O)[C@@H]2C[C@@H]21)c1cccc(-n2ccnn2)c1. The van der Waals surface area contributed by atoms with E-state index < -0.39 is 5.97 Å². The number of hydrogen-bond donors (Lipinski definition) is 2. The maximum absolute atomic E-state index is 12.5. The molecule has 4 atom stereocenters. The van der Waals surface area contributed by atoms with E-state index >= 15 is 0 Å². The number of aliphatic carboxylic acids is 1. The molecule has 2 fully saturated rings. The smallest absolute Gasteiger partial charge is 0.306 e. The lowest BCUT2D eigenvalue weighted by atomic mass is 10.0. The zero-order chi connectivity index (χ0) is 16.0. The third-order valence-electron chi connectivity index (χ3n) is 4.86. The highest BCUT2D eigenvalue weighted by Gasteiger charge is 2.57. The van der Waals surface area contributed by atoms with Gasteiger partial charge in [0.25, 0.3) is 5.91 Å². The van der Waals surface area contributed by atoms with Crippen LogP contribution in [0.5, 0.6) is 0 Å². The number of carboxylic acid groups (broad SMARTS) is 1. The molecule has 1 aromatic heterocycles. The number of rotatable bonds is 4. The van der Waals surface area contributed by atoms with E-state index in [1.165, 1.54) is 0 Å². The van der Waals surface area contributed by atoms with Crippen molar-refractivity contribution in [3.8, 4) is 5.69 Å². The molecule has 1 amide bonds. The number of benzene rings is 1. The van der Waals surface area contributed by atoms with Gasteiger partial charge in [-0.05, 0) is 42.9 Å². The van der Waals surface area contributed by atoms with Crippen molar-refractivity contribution in [1.29, 1.82) is 0 Å². The van der Waals surface area contributed by atoms with Gasteiger partial charge in [0.05, 0.1) is 24.0 Å². The van der Waals surface area contributed by atoms with Gasteiger partial charge >= 0.3 is 5.97 Å². The van der Waals surface area contributed by atoms with Crippen LogP contribution >= 0.6 is 0 Å². The molecular formula is C16H16N4O3. The highest BCUT2D eigenvalue weighted by atomic mass is 16.4. The summed E-state index contributed by atoms with van der Waals surface area (Å²) in [6, 6.07) is 7.09. The second-order valence-electron chi connectivity index (χ2n) is 6.22. The number of nitrogens with zero attached hydrogens (tertiary/aromatic N) is 3. The van der Waals surface area contributed by atoms with Crippen LogP contribution in [0.4, 0.5) is 0 Å². The van der Waals surface area contributed by atoms with Crippen molar-refractivity contribution >= 4 is 11.9 Å². The minimum atomic E-state index is -0.748. The summed E-state index contributed by atoms with van der Waals surface area (Å²) in [6.07, 6.45) is 4.71. The topological polar surface area (TPSA) is 97.1 Å². The Morgan fingerprint density at radius 2 is 2.13 bits per heavy atom. The number of nitrogens with one attached hydrogen (secondary N) is 1. The first kappa shape index (κ1) is 13.9. The predicted molar refractivity (Wildman–Crippen MR) is 80.0 cm³/mol. The van der Waals surface area contributed by atoms with Crippen LogP contribution in [0, 0.1) is 17.8 Å². The van der Waals surface area contributed by atoms with Gasteiger partial charge in [0.2, 0.25) is 0 Å². The summed E-state index contributed by atoms with van der Waals surface area (Å²) in [6.45, 7) is 0. The van der Waals surface area contributed by atoms with Crippen molar-refractivity contribution in [1.82, 2.24) is 20.3 Å². The molecule has 118 valence electrons. The number of carbonyl (C=O) groups is 2. The molecule has 7 nitrogen and oxygen atoms in total. The summed E-state index contributed by atoms with van der Waals surface area (Å²) in [5.41, 5.74) is 1.29. The van der Waals surface area contributed by atoms with Crippen LogP contribution in [0.2, 0.25) is 0 Å². The van der Waals surface area contributed by atoms with Gasteiger partial charge in [-0.15, -0.1) is 5.10 Å². The number of carboxylic acids is 1. The van der Waals surface area contributed by atoms with Crippen molar-refractivity contribution in [2.75, 3.05) is 0 Å². The fraction of sp³-hybridized carbons (Fsp3) is 0.375.